The van der Waals surface area contributed by atoms with Crippen LogP contribution in [0.3, 0.4) is 0 Å². The van der Waals surface area contributed by atoms with E-state index >= 15 is 0 Å². The van der Waals surface area contributed by atoms with E-state index in [2.05, 4.69) is 20.9 Å². The fourth-order valence-electron chi connectivity index (χ4n) is 1.87. The maximum Gasteiger partial charge on any atom is 0.126 e. The maximum absolute atomic E-state index is 10.1. The van der Waals surface area contributed by atoms with Crippen molar-refractivity contribution in [2.75, 3.05) is 5.73 Å². The molecular formula is C14H15BrN2O. The highest BCUT2D eigenvalue weighted by Gasteiger charge is 2.10. The molecule has 1 aromatic heterocycles. The van der Waals surface area contributed by atoms with Gasteiger partial charge in [-0.25, -0.2) is 4.98 Å². The molecule has 0 amide bonds. The van der Waals surface area contributed by atoms with Crippen LogP contribution in [-0.4, -0.2) is 16.2 Å². The third-order valence-electron chi connectivity index (χ3n) is 2.80. The van der Waals surface area contributed by atoms with Gasteiger partial charge in [0, 0.05) is 17.1 Å². The number of hydrogen-bond donors (Lipinski definition) is 2. The van der Waals surface area contributed by atoms with Gasteiger partial charge < -0.3 is 10.8 Å². The molecule has 1 heterocycles. The molecule has 0 aliphatic rings. The van der Waals surface area contributed by atoms with Gasteiger partial charge in [-0.15, -0.1) is 0 Å². The Balaban J connectivity index is 2.04. The largest absolute Gasteiger partial charge is 0.392 e. The van der Waals surface area contributed by atoms with Gasteiger partial charge in [-0.2, -0.15) is 0 Å². The molecule has 0 saturated heterocycles. The minimum atomic E-state index is -0.463. The molecule has 94 valence electrons. The first-order valence-corrected chi connectivity index (χ1v) is 6.57. The van der Waals surface area contributed by atoms with E-state index < -0.39 is 6.10 Å². The third kappa shape index (κ3) is 3.31. The first-order valence-electron chi connectivity index (χ1n) is 5.77. The summed E-state index contributed by atoms with van der Waals surface area (Å²) >= 11 is 3.48. The lowest BCUT2D eigenvalue weighted by molar-refractivity contribution is 0.175. The van der Waals surface area contributed by atoms with Crippen LogP contribution in [0.25, 0.3) is 0 Å². The molecule has 2 rings (SSSR count). The summed E-state index contributed by atoms with van der Waals surface area (Å²) in [6.07, 6.45) is 2.30. The van der Waals surface area contributed by atoms with Crippen LogP contribution in [-0.2, 0) is 12.8 Å². The van der Waals surface area contributed by atoms with Crippen LogP contribution in [0.4, 0.5) is 5.82 Å². The normalized spacial score (nSPS) is 12.3. The Morgan fingerprint density at radius 2 is 1.78 bits per heavy atom. The van der Waals surface area contributed by atoms with Gasteiger partial charge in [0.05, 0.1) is 6.10 Å². The summed E-state index contributed by atoms with van der Waals surface area (Å²) in [7, 11) is 0. The molecule has 4 heteroatoms. The molecule has 1 unspecified atom stereocenters. The van der Waals surface area contributed by atoms with Crippen molar-refractivity contribution in [2.45, 2.75) is 18.9 Å². The number of pyridine rings is 1. The first-order chi connectivity index (χ1) is 8.66. The molecule has 0 saturated carbocycles. The first kappa shape index (κ1) is 13.1. The van der Waals surface area contributed by atoms with Crippen LogP contribution in [0.1, 0.15) is 11.1 Å². The Morgan fingerprint density at radius 3 is 2.50 bits per heavy atom. The second-order valence-corrected chi connectivity index (χ2v) is 5.06. The number of halogens is 1. The molecule has 0 fully saturated rings. The summed E-state index contributed by atoms with van der Waals surface area (Å²) in [6.45, 7) is 0. The van der Waals surface area contributed by atoms with E-state index in [1.165, 1.54) is 0 Å². The molecule has 18 heavy (non-hydrogen) atoms. The number of aromatic nitrogens is 1. The molecule has 0 radical (unpaired) electrons. The van der Waals surface area contributed by atoms with Gasteiger partial charge in [-0.3, -0.25) is 0 Å². The lowest BCUT2D eigenvalue weighted by atomic mass is 10.0. The van der Waals surface area contributed by atoms with Crippen LogP contribution in [0, 0.1) is 0 Å². The Morgan fingerprint density at radius 1 is 1.11 bits per heavy atom. The Bertz CT molecular complexity index is 483. The summed E-state index contributed by atoms with van der Waals surface area (Å²) in [5.41, 5.74) is 7.74. The molecular weight excluding hydrogens is 292 g/mol. The van der Waals surface area contributed by atoms with Gasteiger partial charge in [-0.1, -0.05) is 40.2 Å². The fraction of sp³-hybridized carbons (Fsp3) is 0.214. The van der Waals surface area contributed by atoms with E-state index in [-0.39, 0.29) is 0 Å². The average molecular weight is 307 g/mol. The number of nitrogens with two attached hydrogens (primary N) is 1. The molecule has 1 atom stereocenters. The maximum atomic E-state index is 10.1. The minimum absolute atomic E-state index is 0.463. The van der Waals surface area contributed by atoms with Gasteiger partial charge in [0.25, 0.3) is 0 Å². The van der Waals surface area contributed by atoms with Crippen molar-refractivity contribution in [1.82, 2.24) is 4.98 Å². The quantitative estimate of drug-likeness (QED) is 0.912. The van der Waals surface area contributed by atoms with E-state index in [9.17, 15) is 5.11 Å². The SMILES string of the molecule is Nc1ncccc1CC(O)Cc1ccccc1Br. The Hall–Kier alpha value is -1.39. The van der Waals surface area contributed by atoms with E-state index in [1.807, 2.05) is 36.4 Å². The standard InChI is InChI=1S/C14H15BrN2O/c15-13-6-2-1-4-10(13)8-12(18)9-11-5-3-7-17-14(11)16/h1-7,12,18H,8-9H2,(H2,16,17). The zero-order valence-corrected chi connectivity index (χ0v) is 11.5. The molecule has 0 aliphatic heterocycles. The Kier molecular flexibility index (Phi) is 4.33. The zero-order chi connectivity index (χ0) is 13.0. The van der Waals surface area contributed by atoms with Crippen molar-refractivity contribution in [3.8, 4) is 0 Å². The van der Waals surface area contributed by atoms with Gasteiger partial charge in [0.2, 0.25) is 0 Å². The fourth-order valence-corrected chi connectivity index (χ4v) is 2.31. The molecule has 3 nitrogen and oxygen atoms in total. The average Bonchev–Trinajstić information content (AvgIpc) is 2.35. The number of nitrogen functional groups attached to an aromatic ring is 1. The molecule has 0 aliphatic carbocycles. The predicted octanol–water partition coefficient (Wildman–Crippen LogP) is 2.57. The van der Waals surface area contributed by atoms with Crippen LogP contribution in [0.5, 0.6) is 0 Å². The van der Waals surface area contributed by atoms with E-state index in [1.54, 1.807) is 6.20 Å². The van der Waals surface area contributed by atoms with Crippen LogP contribution in [0.2, 0.25) is 0 Å². The van der Waals surface area contributed by atoms with Crippen LogP contribution >= 0.6 is 15.9 Å². The predicted molar refractivity (Wildman–Crippen MR) is 76.2 cm³/mol. The highest BCUT2D eigenvalue weighted by molar-refractivity contribution is 9.10. The Labute approximate surface area is 115 Å². The van der Waals surface area contributed by atoms with Gasteiger partial charge in [-0.05, 0) is 29.7 Å². The van der Waals surface area contributed by atoms with Crippen LogP contribution in [0.15, 0.2) is 47.1 Å². The molecule has 1 aromatic carbocycles. The number of nitrogens with zero attached hydrogens (tertiary/aromatic N) is 1. The van der Waals surface area contributed by atoms with Crippen molar-refractivity contribution < 1.29 is 5.11 Å². The number of rotatable bonds is 4. The van der Waals surface area contributed by atoms with Gasteiger partial charge >= 0.3 is 0 Å². The van der Waals surface area contributed by atoms with Gasteiger partial charge in [0.1, 0.15) is 5.82 Å². The smallest absolute Gasteiger partial charge is 0.126 e. The number of aliphatic hydroxyl groups excluding tert-OH is 1. The van der Waals surface area contributed by atoms with Crippen molar-refractivity contribution in [1.29, 1.82) is 0 Å². The summed E-state index contributed by atoms with van der Waals surface area (Å²) in [5.74, 6) is 0.490. The zero-order valence-electron chi connectivity index (χ0n) is 9.88. The van der Waals surface area contributed by atoms with Crippen molar-refractivity contribution in [2.24, 2.45) is 0 Å². The lowest BCUT2D eigenvalue weighted by Crippen LogP contribution is -2.15. The van der Waals surface area contributed by atoms with Crippen LogP contribution < -0.4 is 5.73 Å². The molecule has 0 bridgehead atoms. The number of hydrogen-bond acceptors (Lipinski definition) is 3. The second kappa shape index (κ2) is 5.98. The monoisotopic (exact) mass is 306 g/mol. The summed E-state index contributed by atoms with van der Waals surface area (Å²) < 4.78 is 1.02. The number of anilines is 1. The molecule has 0 spiro atoms. The molecule has 2 aromatic rings. The van der Waals surface area contributed by atoms with Crippen molar-refractivity contribution in [3.05, 3.63) is 58.2 Å². The van der Waals surface area contributed by atoms with E-state index in [0.717, 1.165) is 15.6 Å². The van der Waals surface area contributed by atoms with Crippen molar-refractivity contribution >= 4 is 21.7 Å². The lowest BCUT2D eigenvalue weighted by Gasteiger charge is -2.12. The summed E-state index contributed by atoms with van der Waals surface area (Å²) in [5, 5.41) is 10.1. The third-order valence-corrected chi connectivity index (χ3v) is 3.57. The topological polar surface area (TPSA) is 59.1 Å². The van der Waals surface area contributed by atoms with E-state index in [4.69, 9.17) is 5.73 Å². The summed E-state index contributed by atoms with van der Waals surface area (Å²) in [6, 6.07) is 11.6. The van der Waals surface area contributed by atoms with Gasteiger partial charge in [0.15, 0.2) is 0 Å². The highest BCUT2D eigenvalue weighted by atomic mass is 79.9. The molecule has 3 N–H and O–H groups in total. The van der Waals surface area contributed by atoms with E-state index in [0.29, 0.717) is 18.7 Å². The number of benzene rings is 1. The summed E-state index contributed by atoms with van der Waals surface area (Å²) in [4.78, 5) is 4.01. The second-order valence-electron chi connectivity index (χ2n) is 4.20. The highest BCUT2D eigenvalue weighted by Crippen LogP contribution is 2.19. The number of aliphatic hydroxyl groups is 1. The van der Waals surface area contributed by atoms with Crippen molar-refractivity contribution in [3.63, 3.8) is 0 Å². The minimum Gasteiger partial charge on any atom is -0.392 e.